The quantitative estimate of drug-likeness (QED) is 0.700. The van der Waals surface area contributed by atoms with E-state index < -0.39 is 0 Å². The third kappa shape index (κ3) is 3.86. The normalized spacial score (nSPS) is 21.5. The average Bonchev–Trinajstić information content (AvgIpc) is 3.54. The number of aromatic nitrogens is 6. The molecule has 30 heavy (non-hydrogen) atoms. The topological polar surface area (TPSA) is 90.5 Å². The Morgan fingerprint density at radius 1 is 0.933 bits per heavy atom. The Balaban J connectivity index is 1.25. The molecule has 2 fully saturated rings. The van der Waals surface area contributed by atoms with Crippen LogP contribution in [-0.4, -0.2) is 35.8 Å². The van der Waals surface area contributed by atoms with Crippen LogP contribution < -0.4 is 10.9 Å². The molecule has 8 nitrogen and oxygen atoms in total. The number of aryl methyl sites for hydroxylation is 2. The summed E-state index contributed by atoms with van der Waals surface area (Å²) >= 11 is 0. The lowest BCUT2D eigenvalue weighted by molar-refractivity contribution is 0.302. The first kappa shape index (κ1) is 19.0. The van der Waals surface area contributed by atoms with Crippen LogP contribution in [0.5, 0.6) is 0 Å². The number of hydrogen-bond acceptors (Lipinski definition) is 6. The molecule has 2 aliphatic rings. The van der Waals surface area contributed by atoms with E-state index in [1.807, 2.05) is 26.0 Å². The molecule has 0 saturated heterocycles. The first-order chi connectivity index (χ1) is 14.6. The highest BCUT2D eigenvalue weighted by Crippen LogP contribution is 2.38. The molecule has 0 radical (unpaired) electrons. The summed E-state index contributed by atoms with van der Waals surface area (Å²) in [5.41, 5.74) is 2.99. The zero-order valence-corrected chi connectivity index (χ0v) is 17.5. The van der Waals surface area contributed by atoms with Crippen LogP contribution >= 0.6 is 0 Å². The van der Waals surface area contributed by atoms with Gasteiger partial charge in [0.05, 0.1) is 17.4 Å². The molecule has 1 N–H and O–H groups in total. The molecule has 0 bridgehead atoms. The lowest BCUT2D eigenvalue weighted by Crippen LogP contribution is -2.33. The van der Waals surface area contributed by atoms with Crippen molar-refractivity contribution in [2.45, 2.75) is 70.4 Å². The lowest BCUT2D eigenvalue weighted by atomic mass is 9.91. The van der Waals surface area contributed by atoms with Crippen molar-refractivity contribution < 1.29 is 0 Å². The van der Waals surface area contributed by atoms with Crippen molar-refractivity contribution in [1.82, 2.24) is 29.8 Å². The van der Waals surface area contributed by atoms with E-state index in [0.717, 1.165) is 48.6 Å². The first-order valence-corrected chi connectivity index (χ1v) is 10.8. The number of nitrogens with zero attached hydrogens (tertiary/aromatic N) is 6. The lowest BCUT2D eigenvalue weighted by Gasteiger charge is -2.29. The highest BCUT2D eigenvalue weighted by molar-refractivity contribution is 5.35. The molecule has 0 aliphatic heterocycles. The van der Waals surface area contributed by atoms with E-state index in [4.69, 9.17) is 0 Å². The summed E-state index contributed by atoms with van der Waals surface area (Å²) in [5.74, 6) is 2.15. The van der Waals surface area contributed by atoms with Crippen molar-refractivity contribution in [3.63, 3.8) is 0 Å². The predicted octanol–water partition coefficient (Wildman–Crippen LogP) is 3.31. The number of anilines is 1. The minimum atomic E-state index is -0.0572. The molecule has 3 aromatic rings. The molecule has 3 aromatic heterocycles. The molecule has 2 saturated carbocycles. The van der Waals surface area contributed by atoms with Crippen LogP contribution in [0.25, 0.3) is 5.82 Å². The van der Waals surface area contributed by atoms with Crippen molar-refractivity contribution in [3.05, 3.63) is 57.8 Å². The second-order valence-corrected chi connectivity index (χ2v) is 8.58. The molecule has 0 amide bonds. The van der Waals surface area contributed by atoms with Crippen molar-refractivity contribution in [2.24, 2.45) is 0 Å². The van der Waals surface area contributed by atoms with Gasteiger partial charge in [0.25, 0.3) is 5.56 Å². The SMILES string of the molecule is Cc1cc(C)n(-c2ccc(=O)n(C3CCC(Nc4ccc(C5CC5)nn4)CC3)n2)n1. The molecule has 0 atom stereocenters. The van der Waals surface area contributed by atoms with E-state index in [1.165, 1.54) is 12.8 Å². The summed E-state index contributed by atoms with van der Waals surface area (Å²) in [6.45, 7) is 3.95. The molecule has 0 aromatic carbocycles. The van der Waals surface area contributed by atoms with Gasteiger partial charge in [-0.05, 0) is 76.6 Å². The summed E-state index contributed by atoms with van der Waals surface area (Å²) < 4.78 is 3.44. The summed E-state index contributed by atoms with van der Waals surface area (Å²) in [6, 6.07) is 9.93. The Hall–Kier alpha value is -3.03. The Morgan fingerprint density at radius 2 is 1.73 bits per heavy atom. The van der Waals surface area contributed by atoms with Crippen LogP contribution in [0.1, 0.15) is 67.6 Å². The smallest absolute Gasteiger partial charge is 0.267 e. The Labute approximate surface area is 175 Å². The molecule has 8 heteroatoms. The van der Waals surface area contributed by atoms with Gasteiger partial charge in [0.15, 0.2) is 5.82 Å². The third-order valence-electron chi connectivity index (χ3n) is 6.11. The fraction of sp³-hybridized carbons (Fsp3) is 0.500. The average molecular weight is 406 g/mol. The fourth-order valence-corrected chi connectivity index (χ4v) is 4.34. The molecule has 0 unspecified atom stereocenters. The van der Waals surface area contributed by atoms with Crippen molar-refractivity contribution >= 4 is 5.82 Å². The van der Waals surface area contributed by atoms with E-state index in [1.54, 1.807) is 21.5 Å². The van der Waals surface area contributed by atoms with Gasteiger partial charge in [-0.15, -0.1) is 10.2 Å². The van der Waals surface area contributed by atoms with Gasteiger partial charge in [-0.1, -0.05) is 0 Å². The van der Waals surface area contributed by atoms with Crippen LogP contribution in [0.3, 0.4) is 0 Å². The Kier molecular flexibility index (Phi) is 4.84. The number of hydrogen-bond donors (Lipinski definition) is 1. The summed E-state index contributed by atoms with van der Waals surface area (Å²) in [5, 5.41) is 21.3. The monoisotopic (exact) mass is 405 g/mol. The van der Waals surface area contributed by atoms with Gasteiger partial charge < -0.3 is 5.32 Å². The second-order valence-electron chi connectivity index (χ2n) is 8.58. The van der Waals surface area contributed by atoms with E-state index >= 15 is 0 Å². The predicted molar refractivity (Wildman–Crippen MR) is 114 cm³/mol. The summed E-state index contributed by atoms with van der Waals surface area (Å²) in [4.78, 5) is 12.5. The maximum absolute atomic E-state index is 12.5. The van der Waals surface area contributed by atoms with Gasteiger partial charge in [-0.2, -0.15) is 10.2 Å². The second kappa shape index (κ2) is 7.66. The summed E-state index contributed by atoms with van der Waals surface area (Å²) in [6.07, 6.45) is 6.21. The van der Waals surface area contributed by atoms with Crippen LogP contribution in [0.15, 0.2) is 35.1 Å². The van der Waals surface area contributed by atoms with Gasteiger partial charge in [0.1, 0.15) is 5.82 Å². The van der Waals surface area contributed by atoms with Gasteiger partial charge in [0.2, 0.25) is 0 Å². The van der Waals surface area contributed by atoms with Gasteiger partial charge in [-0.3, -0.25) is 4.79 Å². The largest absolute Gasteiger partial charge is 0.366 e. The third-order valence-corrected chi connectivity index (χ3v) is 6.11. The van der Waals surface area contributed by atoms with Gasteiger partial charge in [-0.25, -0.2) is 9.36 Å². The molecular weight excluding hydrogens is 378 g/mol. The molecule has 156 valence electrons. The van der Waals surface area contributed by atoms with Crippen molar-refractivity contribution in [2.75, 3.05) is 5.32 Å². The molecule has 3 heterocycles. The highest BCUT2D eigenvalue weighted by atomic mass is 16.1. The maximum Gasteiger partial charge on any atom is 0.267 e. The minimum Gasteiger partial charge on any atom is -0.366 e. The van der Waals surface area contributed by atoms with Crippen LogP contribution in [0, 0.1) is 13.8 Å². The molecule has 5 rings (SSSR count). The number of rotatable bonds is 5. The highest BCUT2D eigenvalue weighted by Gasteiger charge is 2.26. The van der Waals surface area contributed by atoms with E-state index in [0.29, 0.717) is 17.8 Å². The van der Waals surface area contributed by atoms with E-state index in [9.17, 15) is 4.79 Å². The van der Waals surface area contributed by atoms with Crippen molar-refractivity contribution in [3.8, 4) is 5.82 Å². The molecule has 2 aliphatic carbocycles. The molecule has 0 spiro atoms. The van der Waals surface area contributed by atoms with Gasteiger partial charge >= 0.3 is 0 Å². The van der Waals surface area contributed by atoms with E-state index in [2.05, 4.69) is 31.8 Å². The van der Waals surface area contributed by atoms with Crippen LogP contribution in [0.4, 0.5) is 5.82 Å². The Bertz CT molecular complexity index is 1090. The minimum absolute atomic E-state index is 0.0572. The zero-order valence-electron chi connectivity index (χ0n) is 17.5. The van der Waals surface area contributed by atoms with Gasteiger partial charge in [0, 0.05) is 23.7 Å². The first-order valence-electron chi connectivity index (χ1n) is 10.8. The molecular formula is C22H27N7O. The zero-order chi connectivity index (χ0) is 20.7. The van der Waals surface area contributed by atoms with Crippen molar-refractivity contribution in [1.29, 1.82) is 0 Å². The van der Waals surface area contributed by atoms with Crippen LogP contribution in [-0.2, 0) is 0 Å². The summed E-state index contributed by atoms with van der Waals surface area (Å²) in [7, 11) is 0. The maximum atomic E-state index is 12.5. The van der Waals surface area contributed by atoms with Crippen LogP contribution in [0.2, 0.25) is 0 Å². The fourth-order valence-electron chi connectivity index (χ4n) is 4.34. The van der Waals surface area contributed by atoms with E-state index in [-0.39, 0.29) is 11.6 Å². The Morgan fingerprint density at radius 3 is 2.37 bits per heavy atom. The standard InChI is InChI=1S/C22H27N7O/c1-14-13-15(2)28(26-14)21-11-12-22(30)29(27-21)18-7-5-17(6-8-18)23-20-10-9-19(24-25-20)16-3-4-16/h9-13,16-18H,3-8H2,1-2H3,(H,23,25). The number of nitrogens with one attached hydrogen (secondary N) is 1.